The fourth-order valence-corrected chi connectivity index (χ4v) is 4.60. The number of anilines is 2. The molecule has 0 saturated heterocycles. The zero-order valence-electron chi connectivity index (χ0n) is 15.1. The molecule has 0 amide bonds. The molecule has 5 rings (SSSR count). The van der Waals surface area contributed by atoms with Gasteiger partial charge < -0.3 is 15.4 Å². The number of aromatic amines is 1. The summed E-state index contributed by atoms with van der Waals surface area (Å²) in [5, 5.41) is 17.9. The van der Waals surface area contributed by atoms with Crippen LogP contribution in [0.5, 0.6) is 0 Å². The topological polar surface area (TPSA) is 108 Å². The number of fused-ring (bicyclic) bond motifs is 3. The van der Waals surface area contributed by atoms with Gasteiger partial charge in [0.15, 0.2) is 0 Å². The molecule has 1 spiro atoms. The fraction of sp³-hybridized carbons (Fsp3) is 0.421. The van der Waals surface area contributed by atoms with Crippen molar-refractivity contribution in [2.75, 3.05) is 5.32 Å². The molecule has 8 nitrogen and oxygen atoms in total. The van der Waals surface area contributed by atoms with Crippen molar-refractivity contribution in [3.05, 3.63) is 46.3 Å². The molecule has 4 N–H and O–H groups in total. The minimum atomic E-state index is -0.819. The third kappa shape index (κ3) is 2.40. The summed E-state index contributed by atoms with van der Waals surface area (Å²) in [5.41, 5.74) is 2.08. The Hall–Kier alpha value is -2.71. The smallest absolute Gasteiger partial charge is 0.276 e. The standard InChI is InChI=1S/C19H22N6O2/c1-11-9-13(23-16-12-5-8-20-15(12)21-10-22-16)18(27)25-14(11)17(26)24-19(25)6-3-2-4-7-19/h5,8-10,17,24,26H,2-4,6-7H2,1H3,(H2,20,21,22,23). The Kier molecular flexibility index (Phi) is 3.60. The van der Waals surface area contributed by atoms with Gasteiger partial charge in [-0.05, 0) is 50.3 Å². The van der Waals surface area contributed by atoms with Crippen LogP contribution in [0.25, 0.3) is 11.0 Å². The predicted molar refractivity (Wildman–Crippen MR) is 102 cm³/mol. The van der Waals surface area contributed by atoms with Crippen LogP contribution in [-0.2, 0) is 5.66 Å². The summed E-state index contributed by atoms with van der Waals surface area (Å²) in [4.78, 5) is 24.9. The van der Waals surface area contributed by atoms with Gasteiger partial charge in [0.25, 0.3) is 5.56 Å². The van der Waals surface area contributed by atoms with E-state index in [0.29, 0.717) is 22.8 Å². The molecule has 8 heteroatoms. The number of pyridine rings is 1. The second-order valence-electron chi connectivity index (χ2n) is 7.49. The summed E-state index contributed by atoms with van der Waals surface area (Å²) < 4.78 is 1.78. The maximum Gasteiger partial charge on any atom is 0.276 e. The third-order valence-electron chi connectivity index (χ3n) is 5.82. The van der Waals surface area contributed by atoms with Crippen molar-refractivity contribution < 1.29 is 5.11 Å². The van der Waals surface area contributed by atoms with E-state index in [1.54, 1.807) is 16.8 Å². The van der Waals surface area contributed by atoms with Gasteiger partial charge in [-0.3, -0.25) is 14.7 Å². The van der Waals surface area contributed by atoms with Crippen molar-refractivity contribution in [2.24, 2.45) is 0 Å². The number of H-pyrrole nitrogens is 1. The number of nitrogens with one attached hydrogen (secondary N) is 3. The van der Waals surface area contributed by atoms with Crippen LogP contribution in [0.1, 0.15) is 49.6 Å². The van der Waals surface area contributed by atoms with Gasteiger partial charge in [0.2, 0.25) is 0 Å². The molecule has 3 aromatic rings. The van der Waals surface area contributed by atoms with Crippen LogP contribution in [0.3, 0.4) is 0 Å². The maximum absolute atomic E-state index is 13.4. The first-order valence-corrected chi connectivity index (χ1v) is 9.37. The molecule has 0 radical (unpaired) electrons. The Balaban J connectivity index is 1.65. The van der Waals surface area contributed by atoms with E-state index < -0.39 is 11.9 Å². The summed E-state index contributed by atoms with van der Waals surface area (Å²) in [6, 6.07) is 3.67. The van der Waals surface area contributed by atoms with Gasteiger partial charge in [-0.1, -0.05) is 6.42 Å². The van der Waals surface area contributed by atoms with E-state index in [0.717, 1.165) is 43.1 Å². The molecule has 1 aliphatic carbocycles. The van der Waals surface area contributed by atoms with Gasteiger partial charge in [0, 0.05) is 6.20 Å². The zero-order valence-corrected chi connectivity index (χ0v) is 15.1. The van der Waals surface area contributed by atoms with Crippen molar-refractivity contribution in [1.29, 1.82) is 0 Å². The molecule has 1 saturated carbocycles. The van der Waals surface area contributed by atoms with E-state index in [9.17, 15) is 9.90 Å². The predicted octanol–water partition coefficient (Wildman–Crippen LogP) is 2.38. The molecule has 140 valence electrons. The number of aromatic nitrogens is 4. The molecule has 4 heterocycles. The third-order valence-corrected chi connectivity index (χ3v) is 5.82. The quantitative estimate of drug-likeness (QED) is 0.555. The van der Waals surface area contributed by atoms with Crippen molar-refractivity contribution >= 4 is 22.5 Å². The Morgan fingerprint density at radius 2 is 2.11 bits per heavy atom. The summed E-state index contributed by atoms with van der Waals surface area (Å²) in [6.45, 7) is 1.93. The Labute approximate surface area is 155 Å². The number of aliphatic hydroxyl groups is 1. The monoisotopic (exact) mass is 366 g/mol. The van der Waals surface area contributed by atoms with Gasteiger partial charge >= 0.3 is 0 Å². The number of nitrogens with zero attached hydrogens (tertiary/aromatic N) is 3. The molecule has 0 aromatic carbocycles. The molecule has 1 aliphatic heterocycles. The molecule has 2 aliphatic rings. The molecule has 1 unspecified atom stereocenters. The lowest BCUT2D eigenvalue weighted by molar-refractivity contribution is 0.0786. The van der Waals surface area contributed by atoms with Crippen molar-refractivity contribution in [1.82, 2.24) is 24.8 Å². The second kappa shape index (κ2) is 5.90. The van der Waals surface area contributed by atoms with Crippen LogP contribution in [0.15, 0.2) is 29.5 Å². The Bertz CT molecular complexity index is 1080. The van der Waals surface area contributed by atoms with E-state index in [-0.39, 0.29) is 5.56 Å². The highest BCUT2D eigenvalue weighted by Crippen LogP contribution is 2.40. The Morgan fingerprint density at radius 3 is 2.93 bits per heavy atom. The SMILES string of the molecule is Cc1cc(Nc2ncnc3[nH]ccc23)c(=O)n2c1C(O)NC21CCCCC1. The summed E-state index contributed by atoms with van der Waals surface area (Å²) in [7, 11) is 0. The Morgan fingerprint density at radius 1 is 1.30 bits per heavy atom. The summed E-state index contributed by atoms with van der Waals surface area (Å²) in [6.07, 6.45) is 7.37. The molecule has 0 bridgehead atoms. The number of rotatable bonds is 2. The molecule has 1 fully saturated rings. The van der Waals surface area contributed by atoms with Crippen LogP contribution in [-0.4, -0.2) is 24.6 Å². The fourth-order valence-electron chi connectivity index (χ4n) is 4.60. The first-order valence-electron chi connectivity index (χ1n) is 9.37. The first-order chi connectivity index (χ1) is 13.1. The van der Waals surface area contributed by atoms with Crippen molar-refractivity contribution in [2.45, 2.75) is 50.9 Å². The molecule has 1 atom stereocenters. The van der Waals surface area contributed by atoms with E-state index in [4.69, 9.17) is 0 Å². The van der Waals surface area contributed by atoms with Gasteiger partial charge in [0.1, 0.15) is 35.4 Å². The first kappa shape index (κ1) is 16.5. The average Bonchev–Trinajstić information content (AvgIpc) is 3.24. The van der Waals surface area contributed by atoms with Crippen LogP contribution >= 0.6 is 0 Å². The van der Waals surface area contributed by atoms with E-state index in [2.05, 4.69) is 25.6 Å². The van der Waals surface area contributed by atoms with Gasteiger partial charge in [-0.25, -0.2) is 9.97 Å². The number of hydrogen-bond donors (Lipinski definition) is 4. The van der Waals surface area contributed by atoms with Gasteiger partial charge in [-0.15, -0.1) is 0 Å². The lowest BCUT2D eigenvalue weighted by Crippen LogP contribution is -2.48. The van der Waals surface area contributed by atoms with Crippen molar-refractivity contribution in [3.8, 4) is 0 Å². The van der Waals surface area contributed by atoms with E-state index >= 15 is 0 Å². The minimum Gasteiger partial charge on any atom is -0.373 e. The minimum absolute atomic E-state index is 0.135. The summed E-state index contributed by atoms with van der Waals surface area (Å²) >= 11 is 0. The normalized spacial score (nSPS) is 20.9. The highest BCUT2D eigenvalue weighted by atomic mass is 16.3. The van der Waals surface area contributed by atoms with Crippen LogP contribution in [0.4, 0.5) is 11.5 Å². The largest absolute Gasteiger partial charge is 0.373 e. The second-order valence-corrected chi connectivity index (χ2v) is 7.49. The van der Waals surface area contributed by atoms with Crippen molar-refractivity contribution in [3.63, 3.8) is 0 Å². The number of aliphatic hydroxyl groups excluding tert-OH is 1. The van der Waals surface area contributed by atoms with Gasteiger partial charge in [0.05, 0.1) is 11.1 Å². The molecule has 3 aromatic heterocycles. The van der Waals surface area contributed by atoms with Gasteiger partial charge in [-0.2, -0.15) is 0 Å². The van der Waals surface area contributed by atoms with E-state index in [1.165, 1.54) is 6.33 Å². The maximum atomic E-state index is 13.4. The van der Waals surface area contributed by atoms with Crippen LogP contribution in [0.2, 0.25) is 0 Å². The van der Waals surface area contributed by atoms with E-state index in [1.807, 2.05) is 13.0 Å². The number of aryl methyl sites for hydroxylation is 1. The number of hydrogen-bond acceptors (Lipinski definition) is 6. The average molecular weight is 366 g/mol. The highest BCUT2D eigenvalue weighted by molar-refractivity contribution is 5.88. The van der Waals surface area contributed by atoms with Crippen LogP contribution < -0.4 is 16.2 Å². The lowest BCUT2D eigenvalue weighted by Gasteiger charge is -2.36. The molecule has 27 heavy (non-hydrogen) atoms. The highest BCUT2D eigenvalue weighted by Gasteiger charge is 2.45. The summed E-state index contributed by atoms with van der Waals surface area (Å²) in [5.74, 6) is 0.586. The molecular weight excluding hydrogens is 344 g/mol. The zero-order chi connectivity index (χ0) is 18.6. The molecular formula is C19H22N6O2. The van der Waals surface area contributed by atoms with Crippen LogP contribution in [0, 0.1) is 6.92 Å². The lowest BCUT2D eigenvalue weighted by atomic mass is 9.89.